The van der Waals surface area contributed by atoms with E-state index in [9.17, 15) is 43.2 Å². The predicted octanol–water partition coefficient (Wildman–Crippen LogP) is 22.2. The molecule has 564 valence electrons. The lowest BCUT2D eigenvalue weighted by atomic mass is 9.99. The van der Waals surface area contributed by atoms with Crippen LogP contribution in [0.3, 0.4) is 0 Å². The van der Waals surface area contributed by atoms with Crippen molar-refractivity contribution in [2.75, 3.05) is 39.6 Å². The highest BCUT2D eigenvalue weighted by atomic mass is 31.2. The lowest BCUT2D eigenvalue weighted by Crippen LogP contribution is -2.30. The maximum absolute atomic E-state index is 13.1. The molecule has 0 radical (unpaired) electrons. The Hall–Kier alpha value is -1.94. The number of carbonyl (C=O) groups is 4. The normalized spacial score (nSPS) is 14.4. The average molecular weight is 1400 g/mol. The molecule has 3 N–H and O–H groups in total. The number of unbranched alkanes of at least 4 members (excludes halogenated alkanes) is 41. The molecule has 95 heavy (non-hydrogen) atoms. The SMILES string of the molecule is CCCCCCCCCCCCC(=O)OC[C@H](COP(=O)(O)OC[C@H](O)COP(=O)(O)OC[C@@H](COC(=O)CCCCCCCCCCCCC(C)C)OC(=O)CCCCCCCCCCCCCCCCCCCCC(C)CC)OC(=O)CCCCCCCCCC(C)C. The molecule has 0 fully saturated rings. The highest BCUT2D eigenvalue weighted by Crippen LogP contribution is 2.45. The van der Waals surface area contributed by atoms with E-state index >= 15 is 0 Å². The number of phosphoric acid groups is 2. The Morgan fingerprint density at radius 1 is 0.305 bits per heavy atom. The van der Waals surface area contributed by atoms with Gasteiger partial charge >= 0.3 is 39.5 Å². The van der Waals surface area contributed by atoms with E-state index in [0.717, 1.165) is 102 Å². The molecule has 0 aliphatic heterocycles. The van der Waals surface area contributed by atoms with Gasteiger partial charge in [0, 0.05) is 25.7 Å². The summed E-state index contributed by atoms with van der Waals surface area (Å²) in [6.07, 6.45) is 52.9. The molecule has 19 heteroatoms. The van der Waals surface area contributed by atoms with Gasteiger partial charge in [0.2, 0.25) is 0 Å². The Kier molecular flexibility index (Phi) is 65.2. The zero-order valence-electron chi connectivity index (χ0n) is 62.1. The van der Waals surface area contributed by atoms with Crippen molar-refractivity contribution in [2.45, 2.75) is 407 Å². The number of hydrogen-bond donors (Lipinski definition) is 3. The van der Waals surface area contributed by atoms with Crippen LogP contribution in [0.1, 0.15) is 389 Å². The van der Waals surface area contributed by atoms with Crippen molar-refractivity contribution in [1.29, 1.82) is 0 Å². The van der Waals surface area contributed by atoms with Crippen LogP contribution in [0.2, 0.25) is 0 Å². The minimum atomic E-state index is -4.96. The second kappa shape index (κ2) is 66.6. The van der Waals surface area contributed by atoms with E-state index in [-0.39, 0.29) is 25.7 Å². The molecule has 6 atom stereocenters. The van der Waals surface area contributed by atoms with Crippen LogP contribution in [-0.2, 0) is 65.4 Å². The van der Waals surface area contributed by atoms with Crippen LogP contribution in [-0.4, -0.2) is 96.7 Å². The van der Waals surface area contributed by atoms with Crippen LogP contribution in [0.5, 0.6) is 0 Å². The first-order valence-corrected chi connectivity index (χ1v) is 42.4. The smallest absolute Gasteiger partial charge is 0.462 e. The Balaban J connectivity index is 5.17. The van der Waals surface area contributed by atoms with Crippen molar-refractivity contribution in [1.82, 2.24) is 0 Å². The van der Waals surface area contributed by atoms with E-state index in [0.29, 0.717) is 31.6 Å². The fourth-order valence-electron chi connectivity index (χ4n) is 11.6. The first-order valence-electron chi connectivity index (χ1n) is 39.4. The fourth-order valence-corrected chi connectivity index (χ4v) is 13.1. The van der Waals surface area contributed by atoms with Crippen molar-refractivity contribution in [2.24, 2.45) is 17.8 Å². The Bertz CT molecular complexity index is 1850. The number of phosphoric ester groups is 2. The number of ether oxygens (including phenoxy) is 4. The lowest BCUT2D eigenvalue weighted by Gasteiger charge is -2.21. The van der Waals surface area contributed by atoms with E-state index in [2.05, 4.69) is 48.5 Å². The summed E-state index contributed by atoms with van der Waals surface area (Å²) in [6, 6.07) is 0. The third-order valence-electron chi connectivity index (χ3n) is 18.0. The Morgan fingerprint density at radius 3 is 0.800 bits per heavy atom. The molecule has 0 spiro atoms. The molecule has 0 saturated heterocycles. The van der Waals surface area contributed by atoms with Gasteiger partial charge in [-0.15, -0.1) is 0 Å². The van der Waals surface area contributed by atoms with Crippen molar-refractivity contribution in [3.8, 4) is 0 Å². The molecule has 0 rings (SSSR count). The summed E-state index contributed by atoms with van der Waals surface area (Å²) in [5.41, 5.74) is 0. The summed E-state index contributed by atoms with van der Waals surface area (Å²) >= 11 is 0. The second-order valence-corrected chi connectivity index (χ2v) is 31.5. The van der Waals surface area contributed by atoms with Crippen LogP contribution in [0.4, 0.5) is 0 Å². The summed E-state index contributed by atoms with van der Waals surface area (Å²) in [5, 5.41) is 10.6. The minimum Gasteiger partial charge on any atom is -0.462 e. The van der Waals surface area contributed by atoms with Crippen molar-refractivity contribution in [3.05, 3.63) is 0 Å². The van der Waals surface area contributed by atoms with E-state index in [1.54, 1.807) is 0 Å². The van der Waals surface area contributed by atoms with Gasteiger partial charge in [-0.3, -0.25) is 37.3 Å². The summed E-state index contributed by atoms with van der Waals surface area (Å²) in [6.45, 7) is 11.9. The molecule has 0 amide bonds. The zero-order chi connectivity index (χ0) is 70.1. The van der Waals surface area contributed by atoms with Crippen LogP contribution in [0.15, 0.2) is 0 Å². The van der Waals surface area contributed by atoms with Crippen LogP contribution in [0, 0.1) is 17.8 Å². The van der Waals surface area contributed by atoms with Gasteiger partial charge in [0.05, 0.1) is 26.4 Å². The summed E-state index contributed by atoms with van der Waals surface area (Å²) < 4.78 is 68.4. The summed E-state index contributed by atoms with van der Waals surface area (Å²) in [7, 11) is -9.91. The van der Waals surface area contributed by atoms with Gasteiger partial charge in [0.25, 0.3) is 0 Å². The molecule has 0 saturated carbocycles. The molecule has 0 aromatic carbocycles. The molecular formula is C76H148O17P2. The second-order valence-electron chi connectivity index (χ2n) is 28.6. The van der Waals surface area contributed by atoms with Gasteiger partial charge in [0.1, 0.15) is 19.3 Å². The third-order valence-corrected chi connectivity index (χ3v) is 19.9. The molecule has 0 aromatic heterocycles. The van der Waals surface area contributed by atoms with Gasteiger partial charge in [0.15, 0.2) is 12.2 Å². The maximum atomic E-state index is 13.1. The topological polar surface area (TPSA) is 237 Å². The van der Waals surface area contributed by atoms with E-state index in [1.807, 2.05) is 0 Å². The van der Waals surface area contributed by atoms with Crippen LogP contribution in [0.25, 0.3) is 0 Å². The third kappa shape index (κ3) is 69.0. The molecular weight excluding hydrogens is 1250 g/mol. The van der Waals surface area contributed by atoms with Gasteiger partial charge in [-0.1, -0.05) is 337 Å². The Morgan fingerprint density at radius 2 is 0.537 bits per heavy atom. The zero-order valence-corrected chi connectivity index (χ0v) is 63.9. The predicted molar refractivity (Wildman–Crippen MR) is 386 cm³/mol. The molecule has 17 nitrogen and oxygen atoms in total. The summed E-state index contributed by atoms with van der Waals surface area (Å²) in [5.74, 6) is 0.204. The number of hydrogen-bond acceptors (Lipinski definition) is 15. The molecule has 0 bridgehead atoms. The van der Waals surface area contributed by atoms with E-state index in [4.69, 9.17) is 37.0 Å². The van der Waals surface area contributed by atoms with Gasteiger partial charge in [-0.25, -0.2) is 9.13 Å². The monoisotopic (exact) mass is 1400 g/mol. The highest BCUT2D eigenvalue weighted by Gasteiger charge is 2.30. The van der Waals surface area contributed by atoms with Gasteiger partial charge in [-0.2, -0.15) is 0 Å². The standard InChI is InChI=1S/C76H148O17P2/c1-8-10-11-12-13-14-29-36-43-50-57-73(78)86-64-72(93-76(81)60-53-46-39-32-34-41-48-55-68(5)6)66-91-95(84,85)89-62-70(77)61-88-94(82,83)90-65-71(63-87-74(79)58-51-44-37-30-26-25-27-33-40-47-54-67(3)4)92-75(80)59-52-45-38-31-24-22-20-18-16-15-17-19-21-23-28-35-42-49-56-69(7)9-2/h67-72,77H,8-66H2,1-7H3,(H,82,83)(H,84,85)/t69?,70-,71-,72-/m1/s1. The largest absolute Gasteiger partial charge is 0.472 e. The van der Waals surface area contributed by atoms with Crippen LogP contribution < -0.4 is 0 Å². The first kappa shape index (κ1) is 93.1. The molecule has 0 heterocycles. The molecule has 3 unspecified atom stereocenters. The number of aliphatic hydroxyl groups is 1. The number of esters is 4. The lowest BCUT2D eigenvalue weighted by molar-refractivity contribution is -0.161. The maximum Gasteiger partial charge on any atom is 0.472 e. The van der Waals surface area contributed by atoms with E-state index in [1.165, 1.54) is 199 Å². The molecule has 0 aliphatic carbocycles. The van der Waals surface area contributed by atoms with E-state index < -0.39 is 97.5 Å². The quantitative estimate of drug-likeness (QED) is 0.0222. The van der Waals surface area contributed by atoms with Gasteiger partial charge in [-0.05, 0) is 43.4 Å². The van der Waals surface area contributed by atoms with Crippen molar-refractivity contribution >= 4 is 39.5 Å². The minimum absolute atomic E-state index is 0.103. The molecule has 0 aromatic rings. The van der Waals surface area contributed by atoms with Gasteiger partial charge < -0.3 is 33.8 Å². The fraction of sp³-hybridized carbons (Fsp3) is 0.947. The number of carbonyl (C=O) groups excluding carboxylic acids is 4. The first-order chi connectivity index (χ1) is 45.8. The number of rotatable bonds is 74. The molecule has 0 aliphatic rings. The highest BCUT2D eigenvalue weighted by molar-refractivity contribution is 7.47. The van der Waals surface area contributed by atoms with Crippen molar-refractivity contribution < 1.29 is 80.2 Å². The number of aliphatic hydroxyl groups excluding tert-OH is 1. The Labute approximate surface area is 581 Å². The average Bonchev–Trinajstić information content (AvgIpc) is 1.88. The van der Waals surface area contributed by atoms with Crippen LogP contribution >= 0.6 is 15.6 Å². The van der Waals surface area contributed by atoms with Crippen molar-refractivity contribution in [3.63, 3.8) is 0 Å². The summed E-state index contributed by atoms with van der Waals surface area (Å²) in [4.78, 5) is 72.7.